The zero-order valence-electron chi connectivity index (χ0n) is 15.0. The van der Waals surface area contributed by atoms with Crippen molar-refractivity contribution in [3.63, 3.8) is 0 Å². The van der Waals surface area contributed by atoms with E-state index >= 15 is 0 Å². The van der Waals surface area contributed by atoms with Crippen LogP contribution in [0.25, 0.3) is 0 Å². The second-order valence-corrected chi connectivity index (χ2v) is 8.00. The van der Waals surface area contributed by atoms with Crippen LogP contribution in [0.3, 0.4) is 0 Å². The Balaban J connectivity index is 1.42. The minimum Gasteiger partial charge on any atom is -0.444 e. The summed E-state index contributed by atoms with van der Waals surface area (Å²) in [6, 6.07) is 0. The van der Waals surface area contributed by atoms with Gasteiger partial charge in [0.05, 0.1) is 18.8 Å². The maximum absolute atomic E-state index is 12.5. The largest absolute Gasteiger partial charge is 0.444 e. The van der Waals surface area contributed by atoms with Crippen molar-refractivity contribution in [3.05, 3.63) is 0 Å². The standard InChI is InChI=1S/C17H29N3O4/c1-17(2,3)24-16(22)19-8-6-18(7-9-19)12-15(21)20-10-13-4-5-14(11-20)23-13/h13-14H,4-12H2,1-3H3/t13-,14+. The number of rotatable bonds is 2. The Bertz CT molecular complexity index is 471. The molecule has 0 aromatic heterocycles. The topological polar surface area (TPSA) is 62.3 Å². The normalized spacial score (nSPS) is 28.1. The molecule has 0 radical (unpaired) electrons. The first-order valence-corrected chi connectivity index (χ1v) is 8.94. The van der Waals surface area contributed by atoms with Crippen LogP contribution in [0.2, 0.25) is 0 Å². The highest BCUT2D eigenvalue weighted by Gasteiger charge is 2.36. The summed E-state index contributed by atoms with van der Waals surface area (Å²) < 4.78 is 11.2. The van der Waals surface area contributed by atoms with Gasteiger partial charge in [-0.3, -0.25) is 9.69 Å². The van der Waals surface area contributed by atoms with E-state index in [9.17, 15) is 9.59 Å². The highest BCUT2D eigenvalue weighted by atomic mass is 16.6. The molecule has 0 aliphatic carbocycles. The Hall–Kier alpha value is -1.34. The summed E-state index contributed by atoms with van der Waals surface area (Å²) in [5.41, 5.74) is -0.472. The summed E-state index contributed by atoms with van der Waals surface area (Å²) >= 11 is 0. The molecule has 3 heterocycles. The lowest BCUT2D eigenvalue weighted by Crippen LogP contribution is -2.54. The number of hydrogen-bond donors (Lipinski definition) is 0. The highest BCUT2D eigenvalue weighted by Crippen LogP contribution is 2.26. The van der Waals surface area contributed by atoms with Crippen molar-refractivity contribution >= 4 is 12.0 Å². The van der Waals surface area contributed by atoms with Crippen LogP contribution >= 0.6 is 0 Å². The second kappa shape index (κ2) is 6.88. The van der Waals surface area contributed by atoms with E-state index in [-0.39, 0.29) is 24.2 Å². The molecule has 0 spiro atoms. The smallest absolute Gasteiger partial charge is 0.410 e. The van der Waals surface area contributed by atoms with E-state index in [2.05, 4.69) is 4.90 Å². The van der Waals surface area contributed by atoms with E-state index < -0.39 is 5.60 Å². The van der Waals surface area contributed by atoms with Gasteiger partial charge in [-0.05, 0) is 33.6 Å². The van der Waals surface area contributed by atoms with E-state index in [1.54, 1.807) is 4.90 Å². The number of piperazine rings is 1. The molecule has 0 aromatic carbocycles. The fourth-order valence-electron chi connectivity index (χ4n) is 3.52. The van der Waals surface area contributed by atoms with Crippen molar-refractivity contribution < 1.29 is 19.1 Å². The Morgan fingerprint density at radius 2 is 1.58 bits per heavy atom. The number of likely N-dealkylation sites (tertiary alicyclic amines) is 1. The Morgan fingerprint density at radius 3 is 2.12 bits per heavy atom. The molecule has 24 heavy (non-hydrogen) atoms. The number of ether oxygens (including phenoxy) is 2. The van der Waals surface area contributed by atoms with Crippen molar-refractivity contribution in [2.75, 3.05) is 45.8 Å². The average molecular weight is 339 g/mol. The van der Waals surface area contributed by atoms with Crippen LogP contribution in [0.5, 0.6) is 0 Å². The van der Waals surface area contributed by atoms with Crippen molar-refractivity contribution in [2.45, 2.75) is 51.4 Å². The first-order chi connectivity index (χ1) is 11.3. The van der Waals surface area contributed by atoms with Crippen molar-refractivity contribution in [1.29, 1.82) is 0 Å². The summed E-state index contributed by atoms with van der Waals surface area (Å²) in [4.78, 5) is 30.4. The van der Waals surface area contributed by atoms with E-state index in [0.717, 1.165) is 25.9 Å². The zero-order valence-corrected chi connectivity index (χ0v) is 15.0. The zero-order chi connectivity index (χ0) is 17.3. The molecular formula is C17H29N3O4. The minimum absolute atomic E-state index is 0.181. The van der Waals surface area contributed by atoms with Gasteiger partial charge in [-0.15, -0.1) is 0 Å². The molecule has 2 bridgehead atoms. The van der Waals surface area contributed by atoms with Gasteiger partial charge in [-0.1, -0.05) is 0 Å². The number of morpholine rings is 1. The molecule has 2 atom stereocenters. The Morgan fingerprint density at radius 1 is 1.00 bits per heavy atom. The lowest BCUT2D eigenvalue weighted by molar-refractivity contribution is -0.141. The number of hydrogen-bond acceptors (Lipinski definition) is 5. The first-order valence-electron chi connectivity index (χ1n) is 8.94. The molecule has 0 saturated carbocycles. The van der Waals surface area contributed by atoms with Gasteiger partial charge in [0.15, 0.2) is 0 Å². The van der Waals surface area contributed by atoms with Gasteiger partial charge in [0.1, 0.15) is 5.60 Å². The molecule has 7 heteroatoms. The Labute approximate surface area is 143 Å². The van der Waals surface area contributed by atoms with E-state index in [1.807, 2.05) is 25.7 Å². The van der Waals surface area contributed by atoms with E-state index in [1.165, 1.54) is 0 Å². The van der Waals surface area contributed by atoms with Crippen LogP contribution in [0.4, 0.5) is 4.79 Å². The van der Waals surface area contributed by atoms with Crippen molar-refractivity contribution in [2.24, 2.45) is 0 Å². The third-order valence-corrected chi connectivity index (χ3v) is 4.78. The van der Waals surface area contributed by atoms with Crippen LogP contribution < -0.4 is 0 Å². The predicted molar refractivity (Wildman–Crippen MR) is 88.7 cm³/mol. The van der Waals surface area contributed by atoms with Gasteiger partial charge in [0.25, 0.3) is 0 Å². The van der Waals surface area contributed by atoms with Crippen molar-refractivity contribution in [3.8, 4) is 0 Å². The van der Waals surface area contributed by atoms with E-state index in [4.69, 9.17) is 9.47 Å². The predicted octanol–water partition coefficient (Wildman–Crippen LogP) is 0.929. The number of fused-ring (bicyclic) bond motifs is 2. The average Bonchev–Trinajstić information content (AvgIpc) is 2.84. The monoisotopic (exact) mass is 339 g/mol. The maximum atomic E-state index is 12.5. The third kappa shape index (κ3) is 4.39. The minimum atomic E-state index is -0.472. The molecule has 0 aromatic rings. The summed E-state index contributed by atoms with van der Waals surface area (Å²) in [6.07, 6.45) is 2.35. The molecule has 3 saturated heterocycles. The van der Waals surface area contributed by atoms with Crippen LogP contribution in [0, 0.1) is 0 Å². The summed E-state index contributed by atoms with van der Waals surface area (Å²) in [7, 11) is 0. The van der Waals surface area contributed by atoms with Crippen LogP contribution in [-0.4, -0.2) is 90.3 Å². The summed E-state index contributed by atoms with van der Waals surface area (Å²) in [5.74, 6) is 0.181. The number of amides is 2. The van der Waals surface area contributed by atoms with Crippen molar-refractivity contribution in [1.82, 2.24) is 14.7 Å². The molecule has 3 fully saturated rings. The highest BCUT2D eigenvalue weighted by molar-refractivity contribution is 5.78. The molecule has 3 rings (SSSR count). The van der Waals surface area contributed by atoms with Gasteiger partial charge in [0.2, 0.25) is 5.91 Å². The van der Waals surface area contributed by atoms with Gasteiger partial charge < -0.3 is 19.3 Å². The molecule has 7 nitrogen and oxygen atoms in total. The Kier molecular flexibility index (Phi) is 5.01. The maximum Gasteiger partial charge on any atom is 0.410 e. The van der Waals surface area contributed by atoms with Gasteiger partial charge in [-0.2, -0.15) is 0 Å². The van der Waals surface area contributed by atoms with Crippen LogP contribution in [0.15, 0.2) is 0 Å². The lowest BCUT2D eigenvalue weighted by atomic mass is 10.2. The molecule has 3 aliphatic heterocycles. The SMILES string of the molecule is CC(C)(C)OC(=O)N1CCN(CC(=O)N2C[C@H]3CC[C@@H](C2)O3)CC1. The third-order valence-electron chi connectivity index (χ3n) is 4.78. The summed E-state index contributed by atoms with van der Waals surface area (Å²) in [5, 5.41) is 0. The van der Waals surface area contributed by atoms with Crippen LogP contribution in [-0.2, 0) is 14.3 Å². The molecule has 0 N–H and O–H groups in total. The number of nitrogens with zero attached hydrogens (tertiary/aromatic N) is 3. The van der Waals surface area contributed by atoms with Gasteiger partial charge in [-0.25, -0.2) is 4.79 Å². The number of carbonyl (C=O) groups excluding carboxylic acids is 2. The molecule has 136 valence electrons. The number of carbonyl (C=O) groups is 2. The molecular weight excluding hydrogens is 310 g/mol. The fraction of sp³-hybridized carbons (Fsp3) is 0.882. The quantitative estimate of drug-likeness (QED) is 0.749. The van der Waals surface area contributed by atoms with Crippen LogP contribution in [0.1, 0.15) is 33.6 Å². The summed E-state index contributed by atoms with van der Waals surface area (Å²) in [6.45, 7) is 10.1. The molecule has 2 amide bonds. The molecule has 3 aliphatic rings. The second-order valence-electron chi connectivity index (χ2n) is 8.00. The van der Waals surface area contributed by atoms with Gasteiger partial charge >= 0.3 is 6.09 Å². The van der Waals surface area contributed by atoms with Gasteiger partial charge in [0, 0.05) is 39.3 Å². The molecule has 0 unspecified atom stereocenters. The lowest BCUT2D eigenvalue weighted by Gasteiger charge is -2.37. The van der Waals surface area contributed by atoms with E-state index in [0.29, 0.717) is 32.7 Å². The fourth-order valence-corrected chi connectivity index (χ4v) is 3.52. The first kappa shape index (κ1) is 17.5.